The largest absolute Gasteiger partial charge is 0.455 e. The molecule has 126 valence electrons. The molecule has 4 aromatic carbocycles. The van der Waals surface area contributed by atoms with Crippen molar-refractivity contribution in [1.82, 2.24) is 0 Å². The molecule has 0 aliphatic rings. The van der Waals surface area contributed by atoms with Crippen molar-refractivity contribution < 1.29 is 4.42 Å². The second-order valence-electron chi connectivity index (χ2n) is 7.26. The second-order valence-corrected chi connectivity index (χ2v) is 7.26. The van der Waals surface area contributed by atoms with Crippen LogP contribution >= 0.6 is 0 Å². The average molecular weight is 336 g/mol. The molecule has 5 rings (SSSR count). The molecule has 0 unspecified atom stereocenters. The molecular formula is C25H20O. The number of rotatable bonds is 2. The van der Waals surface area contributed by atoms with Crippen LogP contribution in [0.2, 0.25) is 0 Å². The second kappa shape index (κ2) is 5.74. The van der Waals surface area contributed by atoms with E-state index >= 15 is 0 Å². The van der Waals surface area contributed by atoms with E-state index in [0.29, 0.717) is 5.92 Å². The van der Waals surface area contributed by atoms with E-state index in [4.69, 9.17) is 4.42 Å². The van der Waals surface area contributed by atoms with Gasteiger partial charge in [0, 0.05) is 16.2 Å². The number of furan rings is 1. The van der Waals surface area contributed by atoms with Crippen LogP contribution in [0.3, 0.4) is 0 Å². The van der Waals surface area contributed by atoms with Crippen LogP contribution in [0.4, 0.5) is 0 Å². The van der Waals surface area contributed by atoms with Gasteiger partial charge in [-0.25, -0.2) is 0 Å². The Morgan fingerprint density at radius 2 is 1.50 bits per heavy atom. The van der Waals surface area contributed by atoms with E-state index in [1.54, 1.807) is 0 Å². The lowest BCUT2D eigenvalue weighted by atomic mass is 9.96. The maximum Gasteiger partial charge on any atom is 0.143 e. The topological polar surface area (TPSA) is 13.1 Å². The molecule has 0 spiro atoms. The van der Waals surface area contributed by atoms with E-state index in [1.807, 2.05) is 0 Å². The summed E-state index contributed by atoms with van der Waals surface area (Å²) in [5.41, 5.74) is 5.78. The molecule has 0 amide bonds. The summed E-state index contributed by atoms with van der Waals surface area (Å²) in [6.45, 7) is 4.47. The predicted octanol–water partition coefficient (Wildman–Crippen LogP) is 7.53. The Labute approximate surface area is 152 Å². The van der Waals surface area contributed by atoms with Crippen molar-refractivity contribution >= 4 is 32.7 Å². The summed E-state index contributed by atoms with van der Waals surface area (Å²) >= 11 is 0. The van der Waals surface area contributed by atoms with Gasteiger partial charge in [-0.1, -0.05) is 74.5 Å². The van der Waals surface area contributed by atoms with Gasteiger partial charge >= 0.3 is 0 Å². The molecule has 26 heavy (non-hydrogen) atoms. The van der Waals surface area contributed by atoms with Crippen molar-refractivity contribution in [1.29, 1.82) is 0 Å². The summed E-state index contributed by atoms with van der Waals surface area (Å²) in [6.07, 6.45) is 0. The van der Waals surface area contributed by atoms with Gasteiger partial charge in [0.25, 0.3) is 0 Å². The van der Waals surface area contributed by atoms with Gasteiger partial charge in [-0.2, -0.15) is 0 Å². The molecule has 0 fully saturated rings. The zero-order chi connectivity index (χ0) is 17.7. The van der Waals surface area contributed by atoms with Crippen LogP contribution in [0.25, 0.3) is 43.8 Å². The predicted molar refractivity (Wildman–Crippen MR) is 111 cm³/mol. The first kappa shape index (κ1) is 15.2. The first-order valence-corrected chi connectivity index (χ1v) is 9.15. The summed E-state index contributed by atoms with van der Waals surface area (Å²) in [6, 6.07) is 28.1. The molecule has 0 aliphatic carbocycles. The highest BCUT2D eigenvalue weighted by atomic mass is 16.3. The van der Waals surface area contributed by atoms with Crippen LogP contribution in [0.15, 0.2) is 83.3 Å². The van der Waals surface area contributed by atoms with Crippen LogP contribution in [0, 0.1) is 0 Å². The molecule has 5 aromatic rings. The minimum atomic E-state index is 0.528. The van der Waals surface area contributed by atoms with E-state index in [0.717, 1.165) is 11.2 Å². The minimum absolute atomic E-state index is 0.528. The van der Waals surface area contributed by atoms with Crippen molar-refractivity contribution in [3.05, 3.63) is 84.4 Å². The number of fused-ring (bicyclic) bond motifs is 5. The SMILES string of the molecule is CC(C)c1cccc(-c2ccc3oc4c5ccccc5ccc4c3c2)c1. The Balaban J connectivity index is 1.76. The summed E-state index contributed by atoms with van der Waals surface area (Å²) in [5.74, 6) is 0.528. The average Bonchev–Trinajstić information content (AvgIpc) is 3.06. The highest BCUT2D eigenvalue weighted by Crippen LogP contribution is 2.36. The normalized spacial score (nSPS) is 11.8. The molecule has 1 aromatic heterocycles. The third-order valence-electron chi connectivity index (χ3n) is 5.25. The smallest absolute Gasteiger partial charge is 0.143 e. The third-order valence-corrected chi connectivity index (χ3v) is 5.25. The summed E-state index contributed by atoms with van der Waals surface area (Å²) in [5, 5.41) is 4.74. The quantitative estimate of drug-likeness (QED) is 0.325. The van der Waals surface area contributed by atoms with Gasteiger partial charge in [-0.15, -0.1) is 0 Å². The first-order valence-electron chi connectivity index (χ1n) is 9.15. The molecule has 1 heteroatoms. The van der Waals surface area contributed by atoms with Gasteiger partial charge in [0.05, 0.1) is 0 Å². The molecule has 0 saturated heterocycles. The summed E-state index contributed by atoms with van der Waals surface area (Å²) in [7, 11) is 0. The Bertz CT molecular complexity index is 1260. The van der Waals surface area contributed by atoms with Crippen molar-refractivity contribution in [2.75, 3.05) is 0 Å². The molecule has 0 N–H and O–H groups in total. The zero-order valence-electron chi connectivity index (χ0n) is 15.0. The Kier molecular flexibility index (Phi) is 3.36. The maximum atomic E-state index is 6.22. The van der Waals surface area contributed by atoms with E-state index in [-0.39, 0.29) is 0 Å². The monoisotopic (exact) mass is 336 g/mol. The molecule has 0 aliphatic heterocycles. The maximum absolute atomic E-state index is 6.22. The minimum Gasteiger partial charge on any atom is -0.455 e. The van der Waals surface area contributed by atoms with Crippen LogP contribution in [0.5, 0.6) is 0 Å². The molecular weight excluding hydrogens is 316 g/mol. The standard InChI is InChI=1S/C25H20O/c1-16(2)18-7-5-8-19(14-18)20-11-13-24-23(15-20)22-12-10-17-6-3-4-9-21(17)25(22)26-24/h3-16H,1-2H3. The Hall–Kier alpha value is -3.06. The van der Waals surface area contributed by atoms with Crippen molar-refractivity contribution in [3.63, 3.8) is 0 Å². The van der Waals surface area contributed by atoms with E-state index in [1.165, 1.54) is 38.2 Å². The Morgan fingerprint density at radius 3 is 2.38 bits per heavy atom. The number of benzene rings is 4. The van der Waals surface area contributed by atoms with Gasteiger partial charge in [0.15, 0.2) is 0 Å². The highest BCUT2D eigenvalue weighted by molar-refractivity contribution is 6.15. The van der Waals surface area contributed by atoms with Gasteiger partial charge in [-0.3, -0.25) is 0 Å². The lowest BCUT2D eigenvalue weighted by Gasteiger charge is -2.08. The molecule has 1 heterocycles. The summed E-state index contributed by atoms with van der Waals surface area (Å²) in [4.78, 5) is 0. The third kappa shape index (κ3) is 2.32. The van der Waals surface area contributed by atoms with Crippen LogP contribution in [-0.2, 0) is 0 Å². The van der Waals surface area contributed by atoms with Gasteiger partial charge in [0.1, 0.15) is 11.2 Å². The first-order chi connectivity index (χ1) is 12.7. The Morgan fingerprint density at radius 1 is 0.654 bits per heavy atom. The molecule has 0 atom stereocenters. The van der Waals surface area contributed by atoms with Crippen molar-refractivity contribution in [3.8, 4) is 11.1 Å². The van der Waals surface area contributed by atoms with E-state index in [2.05, 4.69) is 92.7 Å². The van der Waals surface area contributed by atoms with Crippen LogP contribution in [0.1, 0.15) is 25.3 Å². The fraction of sp³-hybridized carbons (Fsp3) is 0.120. The molecule has 0 radical (unpaired) electrons. The zero-order valence-corrected chi connectivity index (χ0v) is 15.0. The lowest BCUT2D eigenvalue weighted by molar-refractivity contribution is 0.672. The fourth-order valence-corrected chi connectivity index (χ4v) is 3.76. The highest BCUT2D eigenvalue weighted by Gasteiger charge is 2.11. The lowest BCUT2D eigenvalue weighted by Crippen LogP contribution is -1.87. The van der Waals surface area contributed by atoms with Gasteiger partial charge in [0.2, 0.25) is 0 Å². The number of hydrogen-bond acceptors (Lipinski definition) is 1. The van der Waals surface area contributed by atoms with Gasteiger partial charge < -0.3 is 4.42 Å². The van der Waals surface area contributed by atoms with E-state index < -0.39 is 0 Å². The molecule has 0 bridgehead atoms. The van der Waals surface area contributed by atoms with Gasteiger partial charge in [-0.05, 0) is 46.2 Å². The fourth-order valence-electron chi connectivity index (χ4n) is 3.76. The van der Waals surface area contributed by atoms with Crippen molar-refractivity contribution in [2.45, 2.75) is 19.8 Å². The van der Waals surface area contributed by atoms with Crippen LogP contribution < -0.4 is 0 Å². The van der Waals surface area contributed by atoms with Crippen LogP contribution in [-0.4, -0.2) is 0 Å². The number of hydrogen-bond donors (Lipinski definition) is 0. The molecule has 1 nitrogen and oxygen atoms in total. The van der Waals surface area contributed by atoms with E-state index in [9.17, 15) is 0 Å². The van der Waals surface area contributed by atoms with Crippen molar-refractivity contribution in [2.24, 2.45) is 0 Å². The molecule has 0 saturated carbocycles. The summed E-state index contributed by atoms with van der Waals surface area (Å²) < 4.78 is 6.22.